The number of carbonyl (C=O) groups is 1. The Hall–Kier alpha value is -1.75. The Labute approximate surface area is 126 Å². The standard InChI is InChI=1S/C16H24N2O3/c1-3-17-11-12-10-13(20-2)7-8-14(12)21-15-6-4-5-9-18-16(15)19/h7-8,10,15,17H,3-6,9,11H2,1-2H3,(H,18,19). The molecule has 1 aliphatic rings. The third-order valence-corrected chi connectivity index (χ3v) is 3.59. The van der Waals surface area contributed by atoms with Crippen LogP contribution in [0.5, 0.6) is 11.5 Å². The van der Waals surface area contributed by atoms with Gasteiger partial charge in [-0.1, -0.05) is 6.92 Å². The van der Waals surface area contributed by atoms with Gasteiger partial charge in [-0.15, -0.1) is 0 Å². The first kappa shape index (κ1) is 15.6. The number of nitrogens with one attached hydrogen (secondary N) is 2. The molecule has 2 rings (SSSR count). The summed E-state index contributed by atoms with van der Waals surface area (Å²) in [4.78, 5) is 12.0. The van der Waals surface area contributed by atoms with Crippen LogP contribution >= 0.6 is 0 Å². The molecule has 1 aromatic rings. The minimum Gasteiger partial charge on any atom is -0.497 e. The van der Waals surface area contributed by atoms with Gasteiger partial charge in [-0.3, -0.25) is 4.79 Å². The lowest BCUT2D eigenvalue weighted by molar-refractivity contribution is -0.127. The normalized spacial score (nSPS) is 18.8. The molecule has 1 saturated heterocycles. The molecule has 0 bridgehead atoms. The van der Waals surface area contributed by atoms with E-state index in [4.69, 9.17) is 9.47 Å². The molecule has 0 aromatic heterocycles. The topological polar surface area (TPSA) is 59.6 Å². The third-order valence-electron chi connectivity index (χ3n) is 3.59. The van der Waals surface area contributed by atoms with Crippen molar-refractivity contribution in [1.29, 1.82) is 0 Å². The summed E-state index contributed by atoms with van der Waals surface area (Å²) in [7, 11) is 1.64. The molecule has 21 heavy (non-hydrogen) atoms. The zero-order valence-electron chi connectivity index (χ0n) is 12.8. The fourth-order valence-corrected chi connectivity index (χ4v) is 2.37. The van der Waals surface area contributed by atoms with Crippen LogP contribution in [0.1, 0.15) is 31.7 Å². The van der Waals surface area contributed by atoms with E-state index < -0.39 is 6.10 Å². The number of ether oxygens (including phenoxy) is 2. The van der Waals surface area contributed by atoms with Gasteiger partial charge in [0, 0.05) is 18.7 Å². The number of benzene rings is 1. The summed E-state index contributed by atoms with van der Waals surface area (Å²) in [6, 6.07) is 5.69. The second-order valence-corrected chi connectivity index (χ2v) is 5.15. The molecule has 1 fully saturated rings. The van der Waals surface area contributed by atoms with Gasteiger partial charge in [-0.05, 0) is 44.0 Å². The molecule has 0 spiro atoms. The lowest BCUT2D eigenvalue weighted by Gasteiger charge is -2.19. The SMILES string of the molecule is CCNCc1cc(OC)ccc1OC1CCCCNC1=O. The number of hydrogen-bond donors (Lipinski definition) is 2. The van der Waals surface area contributed by atoms with Gasteiger partial charge >= 0.3 is 0 Å². The molecule has 5 nitrogen and oxygen atoms in total. The van der Waals surface area contributed by atoms with Crippen molar-refractivity contribution in [2.24, 2.45) is 0 Å². The van der Waals surface area contributed by atoms with Crippen LogP contribution in [0.15, 0.2) is 18.2 Å². The highest BCUT2D eigenvalue weighted by Gasteiger charge is 2.23. The van der Waals surface area contributed by atoms with Gasteiger partial charge in [0.25, 0.3) is 5.91 Å². The average molecular weight is 292 g/mol. The van der Waals surface area contributed by atoms with Crippen LogP contribution in [0.25, 0.3) is 0 Å². The van der Waals surface area contributed by atoms with Crippen LogP contribution in [0.3, 0.4) is 0 Å². The fourth-order valence-electron chi connectivity index (χ4n) is 2.37. The Kier molecular flexibility index (Phi) is 5.87. The summed E-state index contributed by atoms with van der Waals surface area (Å²) in [6.07, 6.45) is 2.38. The smallest absolute Gasteiger partial charge is 0.261 e. The van der Waals surface area contributed by atoms with Gasteiger partial charge in [0.15, 0.2) is 6.10 Å². The molecular weight excluding hydrogens is 268 g/mol. The first-order valence-corrected chi connectivity index (χ1v) is 7.56. The molecule has 2 N–H and O–H groups in total. The van der Waals surface area contributed by atoms with E-state index in [1.54, 1.807) is 7.11 Å². The second kappa shape index (κ2) is 7.88. The number of carbonyl (C=O) groups excluding carboxylic acids is 1. The summed E-state index contributed by atoms with van der Waals surface area (Å²) in [6.45, 7) is 4.36. The Morgan fingerprint density at radius 2 is 2.24 bits per heavy atom. The lowest BCUT2D eigenvalue weighted by atomic mass is 10.1. The van der Waals surface area contributed by atoms with Crippen molar-refractivity contribution in [3.8, 4) is 11.5 Å². The molecule has 1 unspecified atom stereocenters. The molecule has 0 saturated carbocycles. The molecule has 5 heteroatoms. The molecular formula is C16H24N2O3. The predicted molar refractivity (Wildman–Crippen MR) is 81.7 cm³/mol. The van der Waals surface area contributed by atoms with E-state index in [1.807, 2.05) is 18.2 Å². The van der Waals surface area contributed by atoms with Crippen molar-refractivity contribution < 1.29 is 14.3 Å². The van der Waals surface area contributed by atoms with E-state index in [1.165, 1.54) is 0 Å². The van der Waals surface area contributed by atoms with Crippen molar-refractivity contribution in [2.45, 2.75) is 38.8 Å². The number of methoxy groups -OCH3 is 1. The van der Waals surface area contributed by atoms with E-state index in [-0.39, 0.29) is 5.91 Å². The minimum absolute atomic E-state index is 0.0160. The first-order chi connectivity index (χ1) is 10.2. The molecule has 0 radical (unpaired) electrons. The van der Waals surface area contributed by atoms with Crippen LogP contribution in [-0.2, 0) is 11.3 Å². The highest BCUT2D eigenvalue weighted by molar-refractivity contribution is 5.81. The van der Waals surface area contributed by atoms with Crippen molar-refractivity contribution in [1.82, 2.24) is 10.6 Å². The van der Waals surface area contributed by atoms with Crippen LogP contribution in [0.2, 0.25) is 0 Å². The lowest BCUT2D eigenvalue weighted by Crippen LogP contribution is -2.36. The molecule has 1 atom stereocenters. The van der Waals surface area contributed by atoms with Crippen LogP contribution in [0.4, 0.5) is 0 Å². The Morgan fingerprint density at radius 3 is 3.00 bits per heavy atom. The van der Waals surface area contributed by atoms with Gasteiger partial charge in [0.1, 0.15) is 11.5 Å². The quantitative estimate of drug-likeness (QED) is 0.840. The summed E-state index contributed by atoms with van der Waals surface area (Å²) >= 11 is 0. The maximum atomic E-state index is 12.0. The minimum atomic E-state index is -0.402. The number of rotatable bonds is 6. The van der Waals surface area contributed by atoms with E-state index in [2.05, 4.69) is 17.6 Å². The molecule has 1 aliphatic heterocycles. The molecule has 0 aliphatic carbocycles. The van der Waals surface area contributed by atoms with E-state index >= 15 is 0 Å². The number of hydrogen-bond acceptors (Lipinski definition) is 4. The molecule has 1 amide bonds. The van der Waals surface area contributed by atoms with Crippen molar-refractivity contribution in [3.63, 3.8) is 0 Å². The number of amides is 1. The van der Waals surface area contributed by atoms with Crippen molar-refractivity contribution >= 4 is 5.91 Å². The maximum Gasteiger partial charge on any atom is 0.261 e. The third kappa shape index (κ3) is 4.36. The fraction of sp³-hybridized carbons (Fsp3) is 0.562. The van der Waals surface area contributed by atoms with Gasteiger partial charge in [-0.2, -0.15) is 0 Å². The summed E-state index contributed by atoms with van der Waals surface area (Å²) in [5.41, 5.74) is 1.01. The predicted octanol–water partition coefficient (Wildman–Crippen LogP) is 1.85. The van der Waals surface area contributed by atoms with Crippen LogP contribution < -0.4 is 20.1 Å². The van der Waals surface area contributed by atoms with Gasteiger partial charge in [0.2, 0.25) is 0 Å². The van der Waals surface area contributed by atoms with E-state index in [0.29, 0.717) is 6.54 Å². The van der Waals surface area contributed by atoms with Gasteiger partial charge < -0.3 is 20.1 Å². The summed E-state index contributed by atoms with van der Waals surface area (Å²) in [5.74, 6) is 1.53. The van der Waals surface area contributed by atoms with Crippen molar-refractivity contribution in [3.05, 3.63) is 23.8 Å². The van der Waals surface area contributed by atoms with Gasteiger partial charge in [0.05, 0.1) is 7.11 Å². The van der Waals surface area contributed by atoms with Crippen LogP contribution in [0, 0.1) is 0 Å². The van der Waals surface area contributed by atoms with Gasteiger partial charge in [-0.25, -0.2) is 0 Å². The monoisotopic (exact) mass is 292 g/mol. The maximum absolute atomic E-state index is 12.0. The van der Waals surface area contributed by atoms with Crippen molar-refractivity contribution in [2.75, 3.05) is 20.2 Å². The average Bonchev–Trinajstić information content (AvgIpc) is 2.71. The largest absolute Gasteiger partial charge is 0.497 e. The Balaban J connectivity index is 2.14. The first-order valence-electron chi connectivity index (χ1n) is 7.56. The van der Waals surface area contributed by atoms with E-state index in [9.17, 15) is 4.79 Å². The van der Waals surface area contributed by atoms with Crippen LogP contribution in [-0.4, -0.2) is 32.2 Å². The highest BCUT2D eigenvalue weighted by atomic mass is 16.5. The Bertz CT molecular complexity index is 477. The molecule has 1 aromatic carbocycles. The summed E-state index contributed by atoms with van der Waals surface area (Å²) < 4.78 is 11.2. The Morgan fingerprint density at radius 1 is 1.38 bits per heavy atom. The molecule has 1 heterocycles. The zero-order valence-corrected chi connectivity index (χ0v) is 12.8. The highest BCUT2D eigenvalue weighted by Crippen LogP contribution is 2.26. The zero-order chi connectivity index (χ0) is 15.1. The summed E-state index contributed by atoms with van der Waals surface area (Å²) in [5, 5.41) is 6.18. The molecule has 116 valence electrons. The second-order valence-electron chi connectivity index (χ2n) is 5.15. The van der Waals surface area contributed by atoms with E-state index in [0.717, 1.165) is 49.4 Å².